The van der Waals surface area contributed by atoms with Gasteiger partial charge in [0.1, 0.15) is 5.82 Å². The van der Waals surface area contributed by atoms with Crippen LogP contribution in [0.25, 0.3) is 0 Å². The maximum atomic E-state index is 8.57. The van der Waals surface area contributed by atoms with Gasteiger partial charge in [0, 0.05) is 11.9 Å². The molecule has 0 bridgehead atoms. The van der Waals surface area contributed by atoms with Gasteiger partial charge in [0.15, 0.2) is 5.16 Å². The first-order valence-electron chi connectivity index (χ1n) is 5.78. The van der Waals surface area contributed by atoms with Crippen molar-refractivity contribution in [3.63, 3.8) is 0 Å². The van der Waals surface area contributed by atoms with E-state index in [9.17, 15) is 0 Å². The summed E-state index contributed by atoms with van der Waals surface area (Å²) < 4.78 is 1.95. The lowest BCUT2D eigenvalue weighted by Gasteiger charge is -2.03. The van der Waals surface area contributed by atoms with Gasteiger partial charge < -0.3 is 4.57 Å². The lowest BCUT2D eigenvalue weighted by Crippen LogP contribution is -1.97. The zero-order valence-electron chi connectivity index (χ0n) is 10.8. The Bertz CT molecular complexity index is 584. The van der Waals surface area contributed by atoms with E-state index in [0.29, 0.717) is 5.75 Å². The summed E-state index contributed by atoms with van der Waals surface area (Å²) >= 11 is 3.15. The first-order valence-corrected chi connectivity index (χ1v) is 7.75. The number of hydrogen-bond donors (Lipinski definition) is 0. The van der Waals surface area contributed by atoms with E-state index in [2.05, 4.69) is 47.5 Å². The fraction of sp³-hybridized carbons (Fsp3) is 0.308. The van der Waals surface area contributed by atoms with Crippen LogP contribution in [0.1, 0.15) is 11.4 Å². The Morgan fingerprint density at radius 1 is 1.21 bits per heavy atom. The summed E-state index contributed by atoms with van der Waals surface area (Å²) in [5, 5.41) is 17.6. The Hall–Kier alpha value is -1.45. The van der Waals surface area contributed by atoms with E-state index >= 15 is 0 Å². The normalized spacial score (nSPS) is 10.4. The van der Waals surface area contributed by atoms with Crippen LogP contribution in [0, 0.1) is 18.3 Å². The summed E-state index contributed by atoms with van der Waals surface area (Å²) in [5.74, 6) is 2.10. The second-order valence-corrected chi connectivity index (χ2v) is 6.00. The molecule has 0 aliphatic heterocycles. The molecule has 1 heterocycles. The Labute approximate surface area is 121 Å². The molecule has 0 amide bonds. The second-order valence-electron chi connectivity index (χ2n) is 4.01. The fourth-order valence-corrected chi connectivity index (χ4v) is 2.94. The molecule has 1 aromatic heterocycles. The van der Waals surface area contributed by atoms with Crippen molar-refractivity contribution in [3.8, 4) is 6.07 Å². The third-order valence-electron chi connectivity index (χ3n) is 2.58. The lowest BCUT2D eigenvalue weighted by molar-refractivity contribution is 0.762. The van der Waals surface area contributed by atoms with Crippen molar-refractivity contribution in [3.05, 3.63) is 35.7 Å². The van der Waals surface area contributed by atoms with Crippen molar-refractivity contribution in [2.75, 3.05) is 5.75 Å². The zero-order chi connectivity index (χ0) is 13.7. The minimum Gasteiger partial charge on any atom is -0.308 e. The maximum Gasteiger partial charge on any atom is 0.191 e. The van der Waals surface area contributed by atoms with Crippen molar-refractivity contribution in [1.82, 2.24) is 14.8 Å². The third-order valence-corrected chi connectivity index (χ3v) is 4.47. The topological polar surface area (TPSA) is 54.5 Å². The molecule has 98 valence electrons. The summed E-state index contributed by atoms with van der Waals surface area (Å²) in [6.07, 6.45) is 0. The molecule has 0 radical (unpaired) electrons. The molecular formula is C13H14N4S2. The molecule has 1 aromatic carbocycles. The Morgan fingerprint density at radius 2 is 1.95 bits per heavy atom. The standard InChI is InChI=1S/C13H14N4S2/c1-10-3-5-11(6-4-10)19-9-12-15-16-13(17(12)2)18-8-7-14/h3-6H,8-9H2,1-2H3. The molecule has 2 aromatic rings. The minimum atomic E-state index is 0.400. The highest BCUT2D eigenvalue weighted by molar-refractivity contribution is 7.99. The van der Waals surface area contributed by atoms with Gasteiger partial charge in [0.05, 0.1) is 17.6 Å². The smallest absolute Gasteiger partial charge is 0.191 e. The van der Waals surface area contributed by atoms with Crippen molar-refractivity contribution < 1.29 is 0 Å². The quantitative estimate of drug-likeness (QED) is 0.792. The van der Waals surface area contributed by atoms with Gasteiger partial charge in [-0.1, -0.05) is 29.5 Å². The monoisotopic (exact) mass is 290 g/mol. The molecule has 0 atom stereocenters. The van der Waals surface area contributed by atoms with Crippen molar-refractivity contribution in [1.29, 1.82) is 5.26 Å². The highest BCUT2D eigenvalue weighted by atomic mass is 32.2. The molecule has 2 rings (SSSR count). The van der Waals surface area contributed by atoms with Crippen LogP contribution in [0.2, 0.25) is 0 Å². The number of aromatic nitrogens is 3. The summed E-state index contributed by atoms with van der Waals surface area (Å²) in [6.45, 7) is 2.08. The Kier molecular flexibility index (Phi) is 4.88. The van der Waals surface area contributed by atoms with E-state index in [1.807, 2.05) is 11.6 Å². The first-order chi connectivity index (χ1) is 9.20. The largest absolute Gasteiger partial charge is 0.308 e. The second kappa shape index (κ2) is 6.64. The van der Waals surface area contributed by atoms with E-state index in [4.69, 9.17) is 5.26 Å². The highest BCUT2D eigenvalue weighted by Gasteiger charge is 2.09. The average Bonchev–Trinajstić information content (AvgIpc) is 2.77. The van der Waals surface area contributed by atoms with E-state index in [1.165, 1.54) is 22.2 Å². The summed E-state index contributed by atoms with van der Waals surface area (Å²) in [4.78, 5) is 1.22. The third kappa shape index (κ3) is 3.75. The van der Waals surface area contributed by atoms with Gasteiger partial charge in [-0.05, 0) is 19.1 Å². The van der Waals surface area contributed by atoms with Crippen LogP contribution in [0.5, 0.6) is 0 Å². The number of nitrogens with zero attached hydrogens (tertiary/aromatic N) is 4. The van der Waals surface area contributed by atoms with Crippen LogP contribution in [-0.4, -0.2) is 20.5 Å². The fourth-order valence-electron chi connectivity index (χ4n) is 1.48. The van der Waals surface area contributed by atoms with Gasteiger partial charge in [-0.15, -0.1) is 22.0 Å². The molecular weight excluding hydrogens is 276 g/mol. The molecule has 0 saturated heterocycles. The van der Waals surface area contributed by atoms with Crippen molar-refractivity contribution in [2.45, 2.75) is 22.7 Å². The number of thioether (sulfide) groups is 2. The number of aryl methyl sites for hydroxylation is 1. The first kappa shape index (κ1) is 14.0. The SMILES string of the molecule is Cc1ccc(SCc2nnc(SCC#N)n2C)cc1. The molecule has 4 nitrogen and oxygen atoms in total. The van der Waals surface area contributed by atoms with Crippen LogP contribution in [0.15, 0.2) is 34.3 Å². The molecule has 19 heavy (non-hydrogen) atoms. The van der Waals surface area contributed by atoms with Gasteiger partial charge in [0.2, 0.25) is 0 Å². The molecule has 0 aliphatic carbocycles. The van der Waals surface area contributed by atoms with Crippen LogP contribution in [0.4, 0.5) is 0 Å². The van der Waals surface area contributed by atoms with Gasteiger partial charge in [0.25, 0.3) is 0 Å². The molecule has 0 spiro atoms. The van der Waals surface area contributed by atoms with Crippen molar-refractivity contribution >= 4 is 23.5 Å². The summed E-state index contributed by atoms with van der Waals surface area (Å²) in [6, 6.07) is 10.5. The molecule has 0 unspecified atom stereocenters. The van der Waals surface area contributed by atoms with E-state index in [1.54, 1.807) is 11.8 Å². The average molecular weight is 290 g/mol. The molecule has 6 heteroatoms. The number of hydrogen-bond acceptors (Lipinski definition) is 5. The van der Waals surface area contributed by atoms with Crippen LogP contribution in [0.3, 0.4) is 0 Å². The van der Waals surface area contributed by atoms with E-state index in [0.717, 1.165) is 16.7 Å². The zero-order valence-corrected chi connectivity index (χ0v) is 12.5. The maximum absolute atomic E-state index is 8.57. The van der Waals surface area contributed by atoms with E-state index < -0.39 is 0 Å². The van der Waals surface area contributed by atoms with Crippen LogP contribution >= 0.6 is 23.5 Å². The predicted molar refractivity (Wildman–Crippen MR) is 78.1 cm³/mol. The summed E-state index contributed by atoms with van der Waals surface area (Å²) in [7, 11) is 1.94. The van der Waals surface area contributed by atoms with Gasteiger partial charge in [-0.3, -0.25) is 0 Å². The molecule has 0 saturated carbocycles. The van der Waals surface area contributed by atoms with Gasteiger partial charge >= 0.3 is 0 Å². The van der Waals surface area contributed by atoms with Gasteiger partial charge in [-0.2, -0.15) is 5.26 Å². The Morgan fingerprint density at radius 3 is 2.63 bits per heavy atom. The Balaban J connectivity index is 1.98. The minimum absolute atomic E-state index is 0.400. The number of nitriles is 1. The molecule has 0 aliphatic rings. The predicted octanol–water partition coefficient (Wildman–Crippen LogP) is 3.03. The number of benzene rings is 1. The summed E-state index contributed by atoms with van der Waals surface area (Å²) in [5.41, 5.74) is 1.26. The van der Waals surface area contributed by atoms with Crippen LogP contribution in [-0.2, 0) is 12.8 Å². The van der Waals surface area contributed by atoms with E-state index in [-0.39, 0.29) is 0 Å². The number of rotatable bonds is 5. The molecule has 0 N–H and O–H groups in total. The lowest BCUT2D eigenvalue weighted by atomic mass is 10.2. The van der Waals surface area contributed by atoms with Gasteiger partial charge in [-0.25, -0.2) is 0 Å². The molecule has 0 fully saturated rings. The highest BCUT2D eigenvalue weighted by Crippen LogP contribution is 2.23. The van der Waals surface area contributed by atoms with Crippen molar-refractivity contribution in [2.24, 2.45) is 7.05 Å². The van der Waals surface area contributed by atoms with Crippen LogP contribution < -0.4 is 0 Å².